The summed E-state index contributed by atoms with van der Waals surface area (Å²) in [6, 6.07) is 36.5. The number of rotatable bonds is 7. The number of benzene rings is 4. The van der Waals surface area contributed by atoms with E-state index in [1.165, 1.54) is 48.4 Å². The van der Waals surface area contributed by atoms with Gasteiger partial charge in [-0.3, -0.25) is 0 Å². The minimum Gasteiger partial charge on any atom is -0.208 e. The summed E-state index contributed by atoms with van der Waals surface area (Å²) in [5.74, 6) is 3.23. The van der Waals surface area contributed by atoms with Gasteiger partial charge in [-0.1, -0.05) is 163 Å². The fourth-order valence-corrected chi connectivity index (χ4v) is 9.92. The monoisotopic (exact) mass is 727 g/mol. The Kier molecular flexibility index (Phi) is 8.97. The topological polar surface area (TPSA) is 38.7 Å². The highest BCUT2D eigenvalue weighted by atomic mass is 32.1. The molecule has 6 aromatic rings. The van der Waals surface area contributed by atoms with E-state index < -0.39 is 0 Å². The van der Waals surface area contributed by atoms with Crippen molar-refractivity contribution in [2.45, 2.75) is 43.9 Å². The molecule has 0 saturated carbocycles. The normalized spacial score (nSPS) is 20.2. The maximum absolute atomic E-state index is 5.31. The number of aromatic nitrogens is 3. The lowest BCUT2D eigenvalue weighted by Crippen LogP contribution is -2.12. The van der Waals surface area contributed by atoms with Gasteiger partial charge in [-0.25, -0.2) is 15.0 Å². The molecule has 4 aromatic carbocycles. The average Bonchev–Trinajstić information content (AvgIpc) is 3.66. The van der Waals surface area contributed by atoms with Gasteiger partial charge in [0.15, 0.2) is 17.5 Å². The number of fused-ring (bicyclic) bond motifs is 3. The van der Waals surface area contributed by atoms with Crippen LogP contribution in [-0.2, 0) is 6.42 Å². The van der Waals surface area contributed by atoms with Gasteiger partial charge in [0.05, 0.1) is 0 Å². The van der Waals surface area contributed by atoms with Crippen LogP contribution >= 0.6 is 11.3 Å². The second-order valence-corrected chi connectivity index (χ2v) is 16.0. The van der Waals surface area contributed by atoms with Gasteiger partial charge in [-0.05, 0) is 72.1 Å². The van der Waals surface area contributed by atoms with Crippen LogP contribution in [0.25, 0.3) is 50.3 Å². The number of hydrogen-bond acceptors (Lipinski definition) is 4. The lowest BCUT2D eigenvalue weighted by Gasteiger charge is -2.26. The van der Waals surface area contributed by atoms with Crippen LogP contribution in [-0.4, -0.2) is 15.0 Å². The Balaban J connectivity index is 1.00. The van der Waals surface area contributed by atoms with Crippen molar-refractivity contribution in [2.24, 2.45) is 5.92 Å². The summed E-state index contributed by atoms with van der Waals surface area (Å²) in [6.45, 7) is 0. The summed E-state index contributed by atoms with van der Waals surface area (Å²) < 4.78 is 1.28. The second kappa shape index (κ2) is 14.7. The summed E-state index contributed by atoms with van der Waals surface area (Å²) in [5, 5.41) is 1.28. The molecule has 3 atom stereocenters. The predicted molar refractivity (Wildman–Crippen MR) is 230 cm³/mol. The minimum atomic E-state index is 0.278. The molecule has 0 saturated heterocycles. The quantitative estimate of drug-likeness (QED) is 0.164. The molecule has 0 spiro atoms. The lowest BCUT2D eigenvalue weighted by molar-refractivity contribution is 0.690. The minimum absolute atomic E-state index is 0.278. The van der Waals surface area contributed by atoms with Crippen LogP contribution in [0.4, 0.5) is 0 Å². The third kappa shape index (κ3) is 6.62. The number of nitrogens with zero attached hydrogens (tertiary/aromatic N) is 3. The largest absolute Gasteiger partial charge is 0.208 e. The van der Waals surface area contributed by atoms with E-state index in [0.717, 1.165) is 60.4 Å². The molecule has 0 amide bonds. The Hall–Kier alpha value is -5.97. The maximum Gasteiger partial charge on any atom is 0.164 e. The van der Waals surface area contributed by atoms with E-state index in [1.807, 2.05) is 17.4 Å². The molecule has 0 aliphatic heterocycles. The van der Waals surface area contributed by atoms with Crippen molar-refractivity contribution in [3.05, 3.63) is 202 Å². The fraction of sp³-hybridized carbons (Fsp3) is 0.157. The summed E-state index contributed by atoms with van der Waals surface area (Å²) in [4.78, 5) is 17.0. The first-order valence-electron chi connectivity index (χ1n) is 19.5. The van der Waals surface area contributed by atoms with E-state index in [2.05, 4.69) is 164 Å². The molecule has 10 rings (SSSR count). The molecule has 0 radical (unpaired) electrons. The van der Waals surface area contributed by atoms with Crippen LogP contribution in [0.1, 0.15) is 59.1 Å². The first-order valence-corrected chi connectivity index (χ1v) is 20.4. The van der Waals surface area contributed by atoms with Gasteiger partial charge < -0.3 is 0 Å². The Bertz CT molecular complexity index is 2630. The molecule has 266 valence electrons. The molecule has 4 heteroatoms. The number of allylic oxidation sites excluding steroid dienone is 13. The van der Waals surface area contributed by atoms with Crippen molar-refractivity contribution in [1.82, 2.24) is 15.0 Å². The molecular weight excluding hydrogens is 687 g/mol. The van der Waals surface area contributed by atoms with Crippen molar-refractivity contribution < 1.29 is 0 Å². The Morgan fingerprint density at radius 2 is 1.31 bits per heavy atom. The van der Waals surface area contributed by atoms with Gasteiger partial charge in [0.2, 0.25) is 0 Å². The average molecular weight is 728 g/mol. The van der Waals surface area contributed by atoms with E-state index in [0.29, 0.717) is 17.7 Å². The number of thiophene rings is 1. The lowest BCUT2D eigenvalue weighted by atomic mass is 9.79. The maximum atomic E-state index is 5.31. The SMILES string of the molecule is C1=CCC(c2ccccc2-c2nc(-c3ccccc3)nc(-c3cccc4sc5c(c34)CC(C3=CC=C(C4=CC=C[C@H](c6ccccc6)C4)CC3)C=C5)n2)C=C1. The van der Waals surface area contributed by atoms with Gasteiger partial charge in [0.1, 0.15) is 0 Å². The highest BCUT2D eigenvalue weighted by Gasteiger charge is 2.27. The first-order chi connectivity index (χ1) is 27.2. The molecule has 4 aliphatic rings. The van der Waals surface area contributed by atoms with Gasteiger partial charge >= 0.3 is 0 Å². The van der Waals surface area contributed by atoms with E-state index in [9.17, 15) is 0 Å². The molecule has 2 unspecified atom stereocenters. The molecule has 0 fully saturated rings. The zero-order valence-electron chi connectivity index (χ0n) is 30.7. The molecule has 4 aliphatic carbocycles. The number of hydrogen-bond donors (Lipinski definition) is 0. The molecule has 2 heterocycles. The van der Waals surface area contributed by atoms with E-state index in [4.69, 9.17) is 15.0 Å². The zero-order chi connectivity index (χ0) is 36.6. The standard InChI is InChI=1S/C51H41N3S/c1-4-14-34(15-5-1)39-20-12-21-40(32-39)35-26-28-36(29-27-35)41-30-31-46-45(33-41)48-44(24-13-25-47(48)55-46)51-53-49(38-18-8-3-9-19-38)52-50(54-51)43-23-11-10-22-42(43)37-16-6-2-7-17-37/h1-16,18-26,28,30-31,37,39,41H,17,27,29,32-33H2/t37?,39-,41?/m0/s1. The van der Waals surface area contributed by atoms with Gasteiger partial charge in [0.25, 0.3) is 0 Å². The van der Waals surface area contributed by atoms with Crippen LogP contribution in [0.5, 0.6) is 0 Å². The van der Waals surface area contributed by atoms with Crippen LogP contribution in [0.3, 0.4) is 0 Å². The van der Waals surface area contributed by atoms with E-state index in [-0.39, 0.29) is 5.92 Å². The van der Waals surface area contributed by atoms with E-state index in [1.54, 1.807) is 0 Å². The summed E-state index contributed by atoms with van der Waals surface area (Å²) in [6.07, 6.45) is 30.5. The third-order valence-electron chi connectivity index (χ3n) is 11.6. The van der Waals surface area contributed by atoms with Crippen molar-refractivity contribution in [3.8, 4) is 34.2 Å². The van der Waals surface area contributed by atoms with Crippen molar-refractivity contribution >= 4 is 27.5 Å². The zero-order valence-corrected chi connectivity index (χ0v) is 31.5. The Labute approximate surface area is 327 Å². The van der Waals surface area contributed by atoms with E-state index >= 15 is 0 Å². The molecule has 2 aromatic heterocycles. The van der Waals surface area contributed by atoms with Gasteiger partial charge in [-0.15, -0.1) is 11.3 Å². The molecule has 55 heavy (non-hydrogen) atoms. The molecule has 3 nitrogen and oxygen atoms in total. The molecule has 0 N–H and O–H groups in total. The summed E-state index contributed by atoms with van der Waals surface area (Å²) in [5.41, 5.74) is 11.6. The third-order valence-corrected chi connectivity index (χ3v) is 12.8. The van der Waals surface area contributed by atoms with Crippen molar-refractivity contribution in [3.63, 3.8) is 0 Å². The Morgan fingerprint density at radius 3 is 2.13 bits per heavy atom. The highest BCUT2D eigenvalue weighted by Crippen LogP contribution is 2.45. The second-order valence-electron chi connectivity index (χ2n) is 14.9. The van der Waals surface area contributed by atoms with Crippen LogP contribution in [0, 0.1) is 5.92 Å². The highest BCUT2D eigenvalue weighted by molar-refractivity contribution is 7.20. The van der Waals surface area contributed by atoms with Gasteiger partial charge in [0, 0.05) is 49.4 Å². The Morgan fingerprint density at radius 1 is 0.545 bits per heavy atom. The van der Waals surface area contributed by atoms with Crippen molar-refractivity contribution in [1.29, 1.82) is 0 Å². The summed E-state index contributed by atoms with van der Waals surface area (Å²) >= 11 is 1.88. The van der Waals surface area contributed by atoms with Crippen LogP contribution < -0.4 is 0 Å². The predicted octanol–water partition coefficient (Wildman–Crippen LogP) is 13.2. The first kappa shape index (κ1) is 33.6. The van der Waals surface area contributed by atoms with Crippen LogP contribution in [0.2, 0.25) is 0 Å². The summed E-state index contributed by atoms with van der Waals surface area (Å²) in [7, 11) is 0. The van der Waals surface area contributed by atoms with Crippen LogP contribution in [0.15, 0.2) is 181 Å². The van der Waals surface area contributed by atoms with Crippen molar-refractivity contribution in [2.75, 3.05) is 0 Å². The van der Waals surface area contributed by atoms with Gasteiger partial charge in [-0.2, -0.15) is 0 Å². The molecular formula is C51H41N3S. The fourth-order valence-electron chi connectivity index (χ4n) is 8.74. The smallest absolute Gasteiger partial charge is 0.164 e. The molecule has 0 bridgehead atoms.